The van der Waals surface area contributed by atoms with E-state index in [-0.39, 0.29) is 6.04 Å². The molecule has 1 amide bonds. The van der Waals surface area contributed by atoms with Crippen LogP contribution in [0.2, 0.25) is 0 Å². The minimum atomic E-state index is -0.813. The van der Waals surface area contributed by atoms with Gasteiger partial charge in [0.1, 0.15) is 17.4 Å². The molecule has 4 aliphatic rings. The Balaban J connectivity index is 1.74. The highest BCUT2D eigenvalue weighted by Crippen LogP contribution is 2.62. The Kier molecular flexibility index (Phi) is 4.01. The Bertz CT molecular complexity index is 908. The second-order valence-electron chi connectivity index (χ2n) is 10.3. The van der Waals surface area contributed by atoms with Gasteiger partial charge in [-0.3, -0.25) is 4.79 Å². The van der Waals surface area contributed by atoms with E-state index in [0.29, 0.717) is 11.3 Å². The molecule has 1 aromatic carbocycles. The van der Waals surface area contributed by atoms with Crippen LogP contribution in [0.5, 0.6) is 5.75 Å². The maximum Gasteiger partial charge on any atom is 0.252 e. The van der Waals surface area contributed by atoms with Crippen molar-refractivity contribution in [2.75, 3.05) is 27.2 Å². The zero-order chi connectivity index (χ0) is 20.6. The van der Waals surface area contributed by atoms with Crippen LogP contribution in [0.4, 0.5) is 0 Å². The number of carbonyl (C=O) groups is 1. The number of amides is 1. The Morgan fingerprint density at radius 2 is 2.14 bits per heavy atom. The van der Waals surface area contributed by atoms with Crippen LogP contribution >= 0.6 is 0 Å². The molecule has 1 unspecified atom stereocenters. The number of aliphatic hydroxyl groups is 1. The molecule has 2 saturated carbocycles. The van der Waals surface area contributed by atoms with Crippen LogP contribution in [0, 0.1) is 5.92 Å². The third-order valence-electron chi connectivity index (χ3n) is 8.57. The summed E-state index contributed by atoms with van der Waals surface area (Å²) in [6.07, 6.45) is 6.71. The van der Waals surface area contributed by atoms with Gasteiger partial charge in [-0.15, -0.1) is 0 Å². The lowest BCUT2D eigenvalue weighted by atomic mass is 9.48. The van der Waals surface area contributed by atoms with E-state index in [1.54, 1.807) is 13.2 Å². The second-order valence-corrected chi connectivity index (χ2v) is 10.3. The van der Waals surface area contributed by atoms with Crippen LogP contribution in [0.25, 0.3) is 0 Å². The molecule has 5 rings (SSSR count). The first kappa shape index (κ1) is 19.1. The number of ether oxygens (including phenoxy) is 1. The molecule has 0 radical (unpaired) electrons. The normalized spacial score (nSPS) is 38.2. The number of primary amides is 1. The van der Waals surface area contributed by atoms with Crippen LogP contribution in [-0.2, 0) is 11.8 Å². The van der Waals surface area contributed by atoms with Crippen molar-refractivity contribution in [1.82, 2.24) is 0 Å². The SMILES string of the molecule is C=C1CC[C@@]2(O)[C@H]3Cc4ccc(C(N)=O)c(OC)c4[C@@]2(CC[N+]3(C)CC2CC2)C1. The van der Waals surface area contributed by atoms with Crippen molar-refractivity contribution in [3.63, 3.8) is 0 Å². The summed E-state index contributed by atoms with van der Waals surface area (Å²) >= 11 is 0. The van der Waals surface area contributed by atoms with Gasteiger partial charge in [0.05, 0.1) is 32.8 Å². The standard InChI is InChI=1S/C24H32N2O3/c1-15-8-9-24(28)19-12-17-6-7-18(22(25)27)21(29-3)20(17)23(24,13-15)10-11-26(19,2)14-16-4-5-16/h6-7,16,19,28H,1,4-5,8-14H2,2-3H3,(H-,25,27)/p+1/t19-,23-,24-,26?/m1/s1. The third-order valence-corrected chi connectivity index (χ3v) is 8.57. The van der Waals surface area contributed by atoms with Gasteiger partial charge in [0.2, 0.25) is 0 Å². The summed E-state index contributed by atoms with van der Waals surface area (Å²) in [4.78, 5) is 12.1. The number of hydrogen-bond donors (Lipinski definition) is 2. The average Bonchev–Trinajstić information content (AvgIpc) is 3.48. The van der Waals surface area contributed by atoms with E-state index in [0.717, 1.165) is 61.2 Å². The maximum absolute atomic E-state index is 12.4. The Morgan fingerprint density at radius 1 is 1.38 bits per heavy atom. The van der Waals surface area contributed by atoms with E-state index in [4.69, 9.17) is 10.5 Å². The van der Waals surface area contributed by atoms with Gasteiger partial charge in [-0.2, -0.15) is 0 Å². The maximum atomic E-state index is 12.4. The zero-order valence-electron chi connectivity index (χ0n) is 17.7. The minimum absolute atomic E-state index is 0.168. The summed E-state index contributed by atoms with van der Waals surface area (Å²) in [5.41, 5.74) is 8.25. The minimum Gasteiger partial charge on any atom is -0.496 e. The fraction of sp³-hybridized carbons (Fsp3) is 0.625. The highest BCUT2D eigenvalue weighted by atomic mass is 16.5. The van der Waals surface area contributed by atoms with E-state index in [9.17, 15) is 9.90 Å². The molecular formula is C24H33N2O3+. The van der Waals surface area contributed by atoms with Crippen LogP contribution in [0.1, 0.15) is 60.0 Å². The lowest BCUT2D eigenvalue weighted by molar-refractivity contribution is -0.950. The summed E-state index contributed by atoms with van der Waals surface area (Å²) in [5.74, 6) is 0.897. The Morgan fingerprint density at radius 3 is 2.79 bits per heavy atom. The van der Waals surface area contributed by atoms with Gasteiger partial charge in [0.25, 0.3) is 5.91 Å². The monoisotopic (exact) mass is 397 g/mol. The number of methoxy groups -OCH3 is 1. The van der Waals surface area contributed by atoms with Crippen molar-refractivity contribution in [1.29, 1.82) is 0 Å². The number of quaternary nitrogens is 1. The van der Waals surface area contributed by atoms with Crippen LogP contribution in [0.15, 0.2) is 24.3 Å². The molecule has 1 saturated heterocycles. The number of allylic oxidation sites excluding steroid dienone is 1. The average molecular weight is 398 g/mol. The topological polar surface area (TPSA) is 72.5 Å². The first-order chi connectivity index (χ1) is 13.7. The fourth-order valence-electron chi connectivity index (χ4n) is 7.04. The van der Waals surface area contributed by atoms with E-state index >= 15 is 0 Å². The molecule has 29 heavy (non-hydrogen) atoms. The van der Waals surface area contributed by atoms with Gasteiger partial charge in [-0.1, -0.05) is 18.2 Å². The smallest absolute Gasteiger partial charge is 0.252 e. The molecule has 3 N–H and O–H groups in total. The molecule has 0 aromatic heterocycles. The summed E-state index contributed by atoms with van der Waals surface area (Å²) in [6.45, 7) is 6.51. The fourth-order valence-corrected chi connectivity index (χ4v) is 7.04. The van der Waals surface area contributed by atoms with Gasteiger partial charge in [-0.25, -0.2) is 0 Å². The van der Waals surface area contributed by atoms with Crippen molar-refractivity contribution in [3.05, 3.63) is 41.0 Å². The second kappa shape index (κ2) is 6.08. The van der Waals surface area contributed by atoms with Crippen molar-refractivity contribution in [2.24, 2.45) is 11.7 Å². The first-order valence-electron chi connectivity index (χ1n) is 11.0. The highest BCUT2D eigenvalue weighted by Gasteiger charge is 2.69. The van der Waals surface area contributed by atoms with Gasteiger partial charge in [-0.05, 0) is 43.7 Å². The third kappa shape index (κ3) is 2.50. The number of carbonyl (C=O) groups excluding carboxylic acids is 1. The van der Waals surface area contributed by atoms with Crippen molar-refractivity contribution in [2.45, 2.75) is 62.0 Å². The summed E-state index contributed by atoms with van der Waals surface area (Å²) < 4.78 is 6.75. The molecule has 5 heteroatoms. The highest BCUT2D eigenvalue weighted by molar-refractivity contribution is 5.96. The van der Waals surface area contributed by atoms with Crippen LogP contribution < -0.4 is 10.5 Å². The van der Waals surface area contributed by atoms with Crippen molar-refractivity contribution >= 4 is 5.91 Å². The number of hydrogen-bond acceptors (Lipinski definition) is 3. The Labute approximate surface area is 173 Å². The number of piperidine rings is 1. The molecule has 156 valence electrons. The lowest BCUT2D eigenvalue weighted by Crippen LogP contribution is -2.78. The molecule has 0 spiro atoms. The molecule has 1 heterocycles. The molecule has 2 bridgehead atoms. The molecule has 1 aromatic rings. The number of benzene rings is 1. The molecule has 1 aliphatic heterocycles. The van der Waals surface area contributed by atoms with E-state index in [1.807, 2.05) is 0 Å². The number of likely N-dealkylation sites (N-methyl/N-ethyl adjacent to an activating group) is 1. The Hall–Kier alpha value is -1.85. The van der Waals surface area contributed by atoms with Crippen LogP contribution in [-0.4, -0.2) is 54.4 Å². The van der Waals surface area contributed by atoms with Crippen molar-refractivity contribution < 1.29 is 19.1 Å². The first-order valence-corrected chi connectivity index (χ1v) is 11.0. The van der Waals surface area contributed by atoms with E-state index in [1.165, 1.54) is 24.0 Å². The van der Waals surface area contributed by atoms with Gasteiger partial charge < -0.3 is 20.1 Å². The lowest BCUT2D eigenvalue weighted by Gasteiger charge is -2.65. The molecular weight excluding hydrogens is 364 g/mol. The largest absolute Gasteiger partial charge is 0.496 e. The molecule has 3 fully saturated rings. The predicted octanol–water partition coefficient (Wildman–Crippen LogP) is 2.69. The number of likely N-dealkylation sites (tertiary alicyclic amines) is 1. The molecule has 3 aliphatic carbocycles. The van der Waals surface area contributed by atoms with Crippen LogP contribution in [0.3, 0.4) is 0 Å². The quantitative estimate of drug-likeness (QED) is 0.606. The predicted molar refractivity (Wildman–Crippen MR) is 112 cm³/mol. The van der Waals surface area contributed by atoms with Gasteiger partial charge in [0.15, 0.2) is 0 Å². The number of rotatable bonds is 4. The molecule has 4 atom stereocenters. The summed E-state index contributed by atoms with van der Waals surface area (Å²) in [7, 11) is 3.96. The molecule has 5 nitrogen and oxygen atoms in total. The van der Waals surface area contributed by atoms with E-state index in [2.05, 4.69) is 19.7 Å². The zero-order valence-corrected chi connectivity index (χ0v) is 17.7. The number of nitrogens with zero attached hydrogens (tertiary/aromatic N) is 1. The number of fused-ring (bicyclic) bond motifs is 1. The summed E-state index contributed by atoms with van der Waals surface area (Å²) in [5, 5.41) is 12.4. The van der Waals surface area contributed by atoms with Gasteiger partial charge >= 0.3 is 0 Å². The summed E-state index contributed by atoms with van der Waals surface area (Å²) in [6, 6.07) is 4.03. The van der Waals surface area contributed by atoms with E-state index < -0.39 is 16.9 Å². The number of nitrogens with two attached hydrogens (primary N) is 1. The van der Waals surface area contributed by atoms with Crippen molar-refractivity contribution in [3.8, 4) is 5.75 Å². The van der Waals surface area contributed by atoms with Gasteiger partial charge in [0, 0.05) is 29.7 Å².